The fourth-order valence-corrected chi connectivity index (χ4v) is 2.17. The highest BCUT2D eigenvalue weighted by atomic mass is 16.3. The minimum atomic E-state index is 0.227. The van der Waals surface area contributed by atoms with Gasteiger partial charge in [-0.2, -0.15) is 0 Å². The second kappa shape index (κ2) is 5.82. The molecule has 1 aromatic heterocycles. The van der Waals surface area contributed by atoms with Gasteiger partial charge in [-0.1, -0.05) is 0 Å². The van der Waals surface area contributed by atoms with Crippen LogP contribution in [-0.4, -0.2) is 42.4 Å². The van der Waals surface area contributed by atoms with Crippen molar-refractivity contribution in [1.82, 2.24) is 10.3 Å². The van der Waals surface area contributed by atoms with Crippen LogP contribution in [0.4, 0.5) is 5.69 Å². The minimum Gasteiger partial charge on any atom is -0.395 e. The van der Waals surface area contributed by atoms with Crippen LogP contribution in [0, 0.1) is 0 Å². The van der Waals surface area contributed by atoms with Crippen molar-refractivity contribution >= 4 is 5.69 Å². The Morgan fingerprint density at radius 2 is 2.00 bits per heavy atom. The number of anilines is 1. The third-order valence-corrected chi connectivity index (χ3v) is 3.07. The number of rotatable bonds is 4. The summed E-state index contributed by atoms with van der Waals surface area (Å²) in [5.74, 6) is 0. The predicted molar refractivity (Wildman–Crippen MR) is 64.6 cm³/mol. The van der Waals surface area contributed by atoms with Gasteiger partial charge in [0, 0.05) is 43.8 Å². The maximum absolute atomic E-state index is 8.75. The molecule has 4 nitrogen and oxygen atoms in total. The van der Waals surface area contributed by atoms with Crippen molar-refractivity contribution in [2.75, 3.05) is 31.1 Å². The lowest BCUT2D eigenvalue weighted by Gasteiger charge is -2.33. The van der Waals surface area contributed by atoms with Crippen molar-refractivity contribution in [1.29, 1.82) is 0 Å². The molecular weight excluding hydrogens is 202 g/mol. The molecule has 1 aliphatic heterocycles. The Bertz CT molecular complexity index is 296. The lowest BCUT2D eigenvalue weighted by atomic mass is 10.0. The van der Waals surface area contributed by atoms with Gasteiger partial charge in [-0.3, -0.25) is 4.98 Å². The highest BCUT2D eigenvalue weighted by Gasteiger charge is 2.18. The smallest absolute Gasteiger partial charge is 0.0556 e. The Hall–Kier alpha value is -1.13. The summed E-state index contributed by atoms with van der Waals surface area (Å²) in [5, 5.41) is 12.1. The van der Waals surface area contributed by atoms with Gasteiger partial charge in [0.2, 0.25) is 0 Å². The van der Waals surface area contributed by atoms with E-state index in [1.165, 1.54) is 5.69 Å². The Balaban J connectivity index is 1.81. The van der Waals surface area contributed by atoms with E-state index in [9.17, 15) is 0 Å². The van der Waals surface area contributed by atoms with Crippen LogP contribution in [0.1, 0.15) is 12.8 Å². The molecule has 1 aliphatic rings. The molecule has 2 heterocycles. The molecule has 0 radical (unpaired) electrons. The summed E-state index contributed by atoms with van der Waals surface area (Å²) in [7, 11) is 0. The van der Waals surface area contributed by atoms with Crippen molar-refractivity contribution in [3.05, 3.63) is 24.5 Å². The third kappa shape index (κ3) is 2.93. The van der Waals surface area contributed by atoms with Gasteiger partial charge in [-0.15, -0.1) is 0 Å². The molecule has 0 bridgehead atoms. The molecule has 0 spiro atoms. The zero-order valence-electron chi connectivity index (χ0n) is 9.47. The van der Waals surface area contributed by atoms with Crippen molar-refractivity contribution in [3.63, 3.8) is 0 Å². The van der Waals surface area contributed by atoms with Crippen LogP contribution >= 0.6 is 0 Å². The van der Waals surface area contributed by atoms with Crippen LogP contribution in [0.25, 0.3) is 0 Å². The van der Waals surface area contributed by atoms with Gasteiger partial charge in [0.05, 0.1) is 6.61 Å². The molecule has 0 aromatic carbocycles. The van der Waals surface area contributed by atoms with E-state index in [1.54, 1.807) is 0 Å². The van der Waals surface area contributed by atoms with Gasteiger partial charge in [0.1, 0.15) is 0 Å². The van der Waals surface area contributed by atoms with Gasteiger partial charge in [-0.25, -0.2) is 0 Å². The first kappa shape index (κ1) is 11.4. The molecule has 0 aliphatic carbocycles. The lowest BCUT2D eigenvalue weighted by molar-refractivity contribution is 0.277. The first-order valence-electron chi connectivity index (χ1n) is 5.89. The van der Waals surface area contributed by atoms with Gasteiger partial charge in [0.25, 0.3) is 0 Å². The molecule has 88 valence electrons. The van der Waals surface area contributed by atoms with E-state index >= 15 is 0 Å². The standard InChI is InChI=1S/C12H19N3O/c16-10-7-14-11-3-8-15(9-4-11)12-1-5-13-6-2-12/h1-2,5-6,11,14,16H,3-4,7-10H2. The van der Waals surface area contributed by atoms with Crippen LogP contribution in [0.5, 0.6) is 0 Å². The quantitative estimate of drug-likeness (QED) is 0.783. The number of hydrogen-bond acceptors (Lipinski definition) is 4. The number of aliphatic hydroxyl groups is 1. The van der Waals surface area contributed by atoms with Crippen LogP contribution in [0.15, 0.2) is 24.5 Å². The molecular formula is C12H19N3O. The van der Waals surface area contributed by atoms with Crippen molar-refractivity contribution in [3.8, 4) is 0 Å². The van der Waals surface area contributed by atoms with Crippen LogP contribution in [0.2, 0.25) is 0 Å². The number of piperidine rings is 1. The molecule has 2 rings (SSSR count). The second-order valence-corrected chi connectivity index (χ2v) is 4.14. The number of nitrogens with zero attached hydrogens (tertiary/aromatic N) is 2. The number of pyridine rings is 1. The van der Waals surface area contributed by atoms with E-state index in [0.717, 1.165) is 25.9 Å². The molecule has 16 heavy (non-hydrogen) atoms. The average molecular weight is 221 g/mol. The van der Waals surface area contributed by atoms with Gasteiger partial charge < -0.3 is 15.3 Å². The Labute approximate surface area is 96.3 Å². The molecule has 0 atom stereocenters. The SMILES string of the molecule is OCCNC1CCN(c2ccncc2)CC1. The molecule has 0 unspecified atom stereocenters. The summed E-state index contributed by atoms with van der Waals surface area (Å²) in [6.07, 6.45) is 5.96. The van der Waals surface area contributed by atoms with E-state index in [0.29, 0.717) is 12.6 Å². The summed E-state index contributed by atoms with van der Waals surface area (Å²) >= 11 is 0. The van der Waals surface area contributed by atoms with E-state index < -0.39 is 0 Å². The van der Waals surface area contributed by atoms with E-state index in [-0.39, 0.29) is 6.61 Å². The Kier molecular flexibility index (Phi) is 4.13. The lowest BCUT2D eigenvalue weighted by Crippen LogP contribution is -2.43. The zero-order valence-corrected chi connectivity index (χ0v) is 9.47. The molecule has 4 heteroatoms. The van der Waals surface area contributed by atoms with Gasteiger partial charge in [-0.05, 0) is 25.0 Å². The second-order valence-electron chi connectivity index (χ2n) is 4.14. The maximum Gasteiger partial charge on any atom is 0.0556 e. The zero-order chi connectivity index (χ0) is 11.2. The normalized spacial score (nSPS) is 17.7. The highest BCUT2D eigenvalue weighted by Crippen LogP contribution is 2.18. The summed E-state index contributed by atoms with van der Waals surface area (Å²) in [5.41, 5.74) is 1.26. The van der Waals surface area contributed by atoms with Crippen LogP contribution < -0.4 is 10.2 Å². The predicted octanol–water partition coefficient (Wildman–Crippen LogP) is 0.632. The third-order valence-electron chi connectivity index (χ3n) is 3.07. The topological polar surface area (TPSA) is 48.4 Å². The molecule has 0 amide bonds. The molecule has 1 fully saturated rings. The van der Waals surface area contributed by atoms with E-state index in [1.807, 2.05) is 12.4 Å². The highest BCUT2D eigenvalue weighted by molar-refractivity contribution is 5.44. The van der Waals surface area contributed by atoms with Crippen molar-refractivity contribution in [2.24, 2.45) is 0 Å². The summed E-state index contributed by atoms with van der Waals surface area (Å²) in [4.78, 5) is 6.42. The van der Waals surface area contributed by atoms with Gasteiger partial charge >= 0.3 is 0 Å². The maximum atomic E-state index is 8.75. The summed E-state index contributed by atoms with van der Waals surface area (Å²) < 4.78 is 0. The van der Waals surface area contributed by atoms with Crippen LogP contribution in [-0.2, 0) is 0 Å². The molecule has 1 saturated heterocycles. The van der Waals surface area contributed by atoms with Crippen LogP contribution in [0.3, 0.4) is 0 Å². The Morgan fingerprint density at radius 3 is 2.62 bits per heavy atom. The number of aliphatic hydroxyl groups excluding tert-OH is 1. The number of aromatic nitrogens is 1. The largest absolute Gasteiger partial charge is 0.395 e. The molecule has 1 aromatic rings. The monoisotopic (exact) mass is 221 g/mol. The van der Waals surface area contributed by atoms with Crippen molar-refractivity contribution in [2.45, 2.75) is 18.9 Å². The summed E-state index contributed by atoms with van der Waals surface area (Å²) in [6, 6.07) is 4.67. The first-order valence-corrected chi connectivity index (χ1v) is 5.89. The minimum absolute atomic E-state index is 0.227. The van der Waals surface area contributed by atoms with E-state index in [2.05, 4.69) is 27.3 Å². The molecule has 2 N–H and O–H groups in total. The van der Waals surface area contributed by atoms with E-state index in [4.69, 9.17) is 5.11 Å². The fourth-order valence-electron chi connectivity index (χ4n) is 2.17. The fraction of sp³-hybridized carbons (Fsp3) is 0.583. The number of nitrogens with one attached hydrogen (secondary N) is 1. The summed E-state index contributed by atoms with van der Waals surface area (Å²) in [6.45, 7) is 3.09. The van der Waals surface area contributed by atoms with Crippen molar-refractivity contribution < 1.29 is 5.11 Å². The number of hydrogen-bond donors (Lipinski definition) is 2. The first-order chi connectivity index (χ1) is 7.90. The Morgan fingerprint density at radius 1 is 1.31 bits per heavy atom. The molecule has 0 saturated carbocycles. The van der Waals surface area contributed by atoms with Gasteiger partial charge in [0.15, 0.2) is 0 Å². The average Bonchev–Trinajstić information content (AvgIpc) is 2.38.